The van der Waals surface area contributed by atoms with E-state index in [4.69, 9.17) is 5.11 Å². The van der Waals surface area contributed by atoms with Gasteiger partial charge in [0, 0.05) is 6.42 Å². The number of rotatable bonds is 15. The Hall–Kier alpha value is 0.01000. The van der Waals surface area contributed by atoms with Crippen molar-refractivity contribution in [3.63, 3.8) is 0 Å². The van der Waals surface area contributed by atoms with Crippen LogP contribution in [0, 0.1) is 0 Å². The van der Waals surface area contributed by atoms with Crippen LogP contribution in [0.25, 0.3) is 0 Å². The van der Waals surface area contributed by atoms with E-state index in [0.717, 1.165) is 12.8 Å². The number of alkyl halides is 4. The average Bonchev–Trinajstić information content (AvgIpc) is 2.49. The second-order valence-corrected chi connectivity index (χ2v) is 8.30. The second-order valence-electron chi connectivity index (χ2n) is 6.16. The van der Waals surface area contributed by atoms with Crippen LogP contribution in [0.2, 0.25) is 0 Å². The number of hydrogen-bond acceptors (Lipinski definition) is 1. The molecule has 0 aliphatic rings. The zero-order valence-corrected chi connectivity index (χ0v) is 17.7. The first-order valence-corrected chi connectivity index (χ1v) is 10.5. The summed E-state index contributed by atoms with van der Waals surface area (Å²) in [6.45, 7) is 2.26. The highest BCUT2D eigenvalue weighted by atomic mass is 35.6. The third-order valence-electron chi connectivity index (χ3n) is 3.65. The molecule has 0 saturated carbocycles. The van der Waals surface area contributed by atoms with Crippen LogP contribution < -0.4 is 0 Å². The smallest absolute Gasteiger partial charge is 0.333 e. The topological polar surface area (TPSA) is 37.3 Å². The number of carbonyl (C=O) groups is 1. The van der Waals surface area contributed by atoms with Crippen molar-refractivity contribution in [2.45, 2.75) is 101 Å². The molecule has 2 nitrogen and oxygen atoms in total. The zero-order chi connectivity index (χ0) is 19.4. The van der Waals surface area contributed by atoms with Gasteiger partial charge in [-0.25, -0.2) is 0 Å². The summed E-state index contributed by atoms with van der Waals surface area (Å²) in [5.41, 5.74) is 0. The summed E-state index contributed by atoms with van der Waals surface area (Å²) in [6.07, 6.45) is 21.2. The molecule has 0 rings (SSSR count). The number of unbranched alkanes of at least 4 members (excludes halogenated alkanes) is 11. The molecule has 0 amide bonds. The molecule has 0 saturated heterocycles. The van der Waals surface area contributed by atoms with Gasteiger partial charge in [-0.3, -0.25) is 4.79 Å². The molecule has 0 radical (unpaired) electrons. The molecule has 0 aromatic heterocycles. The first-order valence-electron chi connectivity index (χ1n) is 9.39. The van der Waals surface area contributed by atoms with E-state index in [0.29, 0.717) is 6.42 Å². The van der Waals surface area contributed by atoms with Crippen LogP contribution in [0.5, 0.6) is 0 Å². The molecule has 0 aromatic rings. The number of allylic oxidation sites excluding steroid dienone is 2. The van der Waals surface area contributed by atoms with Gasteiger partial charge in [0.1, 0.15) is 0 Å². The third-order valence-corrected chi connectivity index (χ3v) is 3.65. The number of hydrogen-bond donors (Lipinski definition) is 1. The first kappa shape index (κ1) is 27.2. The van der Waals surface area contributed by atoms with E-state index in [2.05, 4.69) is 53.9 Å². The maximum Gasteiger partial charge on any atom is 0.333 e. The Balaban J connectivity index is 0. The molecule has 1 N–H and O–H groups in total. The van der Waals surface area contributed by atoms with E-state index in [-0.39, 0.29) is 0 Å². The summed E-state index contributed by atoms with van der Waals surface area (Å²) in [5.74, 6) is -0.664. The van der Waals surface area contributed by atoms with Crippen LogP contribution in [0.1, 0.15) is 96.8 Å². The highest BCUT2D eigenvalue weighted by Crippen LogP contribution is 2.26. The zero-order valence-electron chi connectivity index (χ0n) is 15.4. The largest absolute Gasteiger partial charge is 0.481 e. The van der Waals surface area contributed by atoms with Crippen LogP contribution in [-0.2, 0) is 4.79 Å². The highest BCUT2D eigenvalue weighted by molar-refractivity contribution is 6.66. The van der Waals surface area contributed by atoms with Crippen molar-refractivity contribution in [2.75, 3.05) is 0 Å². The molecular formula is C19H34Cl3FO2. The summed E-state index contributed by atoms with van der Waals surface area (Å²) in [7, 11) is 0. The van der Waals surface area contributed by atoms with E-state index in [1.54, 1.807) is 0 Å². The van der Waals surface area contributed by atoms with E-state index in [9.17, 15) is 9.18 Å². The Labute approximate surface area is 168 Å². The number of carboxylic acids is 1. The fraction of sp³-hybridized carbons (Fsp3) is 0.842. The average molecular weight is 420 g/mol. The lowest BCUT2D eigenvalue weighted by Crippen LogP contribution is -1.93. The van der Waals surface area contributed by atoms with Crippen molar-refractivity contribution in [1.29, 1.82) is 0 Å². The van der Waals surface area contributed by atoms with Crippen LogP contribution in [0.3, 0.4) is 0 Å². The van der Waals surface area contributed by atoms with Crippen molar-refractivity contribution in [1.82, 2.24) is 0 Å². The molecular weight excluding hydrogens is 386 g/mol. The van der Waals surface area contributed by atoms with Gasteiger partial charge >= 0.3 is 10.0 Å². The Bertz CT molecular complexity index is 312. The van der Waals surface area contributed by atoms with Gasteiger partial charge in [-0.15, -0.1) is 0 Å². The van der Waals surface area contributed by atoms with E-state index < -0.39 is 10.0 Å². The van der Waals surface area contributed by atoms with Crippen molar-refractivity contribution >= 4 is 40.8 Å². The minimum Gasteiger partial charge on any atom is -0.481 e. The van der Waals surface area contributed by atoms with Crippen molar-refractivity contribution < 1.29 is 14.3 Å². The number of aliphatic carboxylic acids is 1. The predicted molar refractivity (Wildman–Crippen MR) is 108 cm³/mol. The van der Waals surface area contributed by atoms with Gasteiger partial charge in [0.2, 0.25) is 0 Å². The quantitative estimate of drug-likeness (QED) is 0.164. The molecule has 25 heavy (non-hydrogen) atoms. The molecule has 0 heterocycles. The monoisotopic (exact) mass is 418 g/mol. The van der Waals surface area contributed by atoms with Gasteiger partial charge in [-0.2, -0.15) is 4.39 Å². The molecule has 0 unspecified atom stereocenters. The van der Waals surface area contributed by atoms with E-state index >= 15 is 0 Å². The van der Waals surface area contributed by atoms with Crippen LogP contribution in [0.4, 0.5) is 4.39 Å². The van der Waals surface area contributed by atoms with Gasteiger partial charge in [-0.1, -0.05) is 70.4 Å². The molecule has 0 bridgehead atoms. The van der Waals surface area contributed by atoms with Gasteiger partial charge in [0.15, 0.2) is 0 Å². The van der Waals surface area contributed by atoms with E-state index in [1.165, 1.54) is 70.6 Å². The molecule has 6 heteroatoms. The standard InChI is InChI=1S/C18H34O2.CCl3F/c1-2-3-4-5-6-7-8-9-10-11-12-13-14-15-16-17-18(19)20;2-1(3,4)5/h9-10H,2-8,11-17H2,1H3,(H,19,20);/b10-9-;. The Morgan fingerprint density at radius 3 is 1.60 bits per heavy atom. The molecule has 0 atom stereocenters. The van der Waals surface area contributed by atoms with Gasteiger partial charge in [0.05, 0.1) is 0 Å². The number of carboxylic acid groups (broad SMARTS) is 1. The molecule has 0 spiro atoms. The van der Waals surface area contributed by atoms with Crippen molar-refractivity contribution in [3.8, 4) is 0 Å². The van der Waals surface area contributed by atoms with Crippen molar-refractivity contribution in [3.05, 3.63) is 12.2 Å². The lowest BCUT2D eigenvalue weighted by molar-refractivity contribution is -0.137. The van der Waals surface area contributed by atoms with Crippen LogP contribution in [0.15, 0.2) is 12.2 Å². The highest BCUT2D eigenvalue weighted by Gasteiger charge is 2.14. The maximum atomic E-state index is 11.0. The normalized spacial score (nSPS) is 11.4. The van der Waals surface area contributed by atoms with Crippen molar-refractivity contribution in [2.24, 2.45) is 0 Å². The number of halogens is 4. The minimum absolute atomic E-state index is 0.332. The Morgan fingerprint density at radius 1 is 0.840 bits per heavy atom. The van der Waals surface area contributed by atoms with Crippen LogP contribution in [-0.4, -0.2) is 15.1 Å². The fourth-order valence-corrected chi connectivity index (χ4v) is 2.35. The summed E-state index contributed by atoms with van der Waals surface area (Å²) in [6, 6.07) is 0. The molecule has 0 fully saturated rings. The van der Waals surface area contributed by atoms with E-state index in [1.807, 2.05) is 0 Å². The summed E-state index contributed by atoms with van der Waals surface area (Å²) in [4.78, 5) is 10.3. The molecule has 0 aliphatic heterocycles. The SMILES string of the molecule is CCCCCCCC/C=C\CCCCCCCC(=O)O.FC(Cl)(Cl)Cl. The van der Waals surface area contributed by atoms with Gasteiger partial charge in [0.25, 0.3) is 0 Å². The second kappa shape index (κ2) is 20.3. The lowest BCUT2D eigenvalue weighted by atomic mass is 10.1. The minimum atomic E-state index is -2.58. The molecule has 0 aliphatic carbocycles. The Morgan fingerprint density at radius 2 is 1.20 bits per heavy atom. The third kappa shape index (κ3) is 40.2. The first-order chi connectivity index (χ1) is 11.8. The van der Waals surface area contributed by atoms with Gasteiger partial charge in [-0.05, 0) is 66.9 Å². The fourth-order valence-electron chi connectivity index (χ4n) is 2.35. The summed E-state index contributed by atoms with van der Waals surface area (Å²) in [5, 5.41) is 8.51. The summed E-state index contributed by atoms with van der Waals surface area (Å²) >= 11 is 13.2. The van der Waals surface area contributed by atoms with Gasteiger partial charge < -0.3 is 5.11 Å². The lowest BCUT2D eigenvalue weighted by Gasteiger charge is -1.99. The van der Waals surface area contributed by atoms with Crippen LogP contribution >= 0.6 is 34.8 Å². The summed E-state index contributed by atoms with van der Waals surface area (Å²) < 4.78 is 8.40. The predicted octanol–water partition coefficient (Wildman–Crippen LogP) is 8.39. The molecule has 150 valence electrons. The Kier molecular flexibility index (Phi) is 22.1. The maximum absolute atomic E-state index is 11.0. The molecule has 0 aromatic carbocycles.